The van der Waals surface area contributed by atoms with Gasteiger partial charge in [-0.2, -0.15) is 0 Å². The van der Waals surface area contributed by atoms with Gasteiger partial charge in [0, 0.05) is 18.5 Å². The molecule has 15 heavy (non-hydrogen) atoms. The molecule has 0 aromatic rings. The second-order valence-corrected chi connectivity index (χ2v) is 4.27. The zero-order valence-corrected chi connectivity index (χ0v) is 11.2. The molecule has 4 nitrogen and oxygen atoms in total. The van der Waals surface area contributed by atoms with Crippen LogP contribution in [0, 0.1) is 5.92 Å². The molecule has 0 heterocycles. The number of alkyl halides is 1. The van der Waals surface area contributed by atoms with Crippen LogP contribution in [0.5, 0.6) is 0 Å². The standard InChI is InChI=1S/C10H20BrNO3/c1-8(2)9(6-11)12-10(13)7-15-5-4-14-3/h8-9H,4-7H2,1-3H3,(H,12,13). The molecule has 1 unspecified atom stereocenters. The van der Waals surface area contributed by atoms with E-state index >= 15 is 0 Å². The van der Waals surface area contributed by atoms with Crippen molar-refractivity contribution < 1.29 is 14.3 Å². The van der Waals surface area contributed by atoms with Crippen molar-refractivity contribution in [2.45, 2.75) is 19.9 Å². The van der Waals surface area contributed by atoms with Gasteiger partial charge in [0.1, 0.15) is 6.61 Å². The number of methoxy groups -OCH3 is 1. The summed E-state index contributed by atoms with van der Waals surface area (Å²) in [5.41, 5.74) is 0. The SMILES string of the molecule is COCCOCC(=O)NC(CBr)C(C)C. The van der Waals surface area contributed by atoms with Gasteiger partial charge >= 0.3 is 0 Å². The summed E-state index contributed by atoms with van der Waals surface area (Å²) in [4.78, 5) is 11.4. The molecular weight excluding hydrogens is 262 g/mol. The Morgan fingerprint density at radius 1 is 1.40 bits per heavy atom. The van der Waals surface area contributed by atoms with Crippen LogP contribution in [0.25, 0.3) is 0 Å². The molecule has 0 saturated heterocycles. The van der Waals surface area contributed by atoms with Gasteiger partial charge in [0.15, 0.2) is 0 Å². The first-order valence-corrected chi connectivity index (χ1v) is 6.16. The Labute approximate surface area is 99.8 Å². The van der Waals surface area contributed by atoms with Crippen LogP contribution in [0.3, 0.4) is 0 Å². The smallest absolute Gasteiger partial charge is 0.246 e. The third kappa shape index (κ3) is 7.76. The second kappa shape index (κ2) is 9.12. The summed E-state index contributed by atoms with van der Waals surface area (Å²) >= 11 is 3.36. The maximum absolute atomic E-state index is 11.4. The Balaban J connectivity index is 3.62. The van der Waals surface area contributed by atoms with E-state index in [-0.39, 0.29) is 18.6 Å². The normalized spacial score (nSPS) is 12.9. The minimum atomic E-state index is -0.0794. The molecule has 1 amide bonds. The minimum Gasteiger partial charge on any atom is -0.382 e. The lowest BCUT2D eigenvalue weighted by molar-refractivity contribution is -0.126. The van der Waals surface area contributed by atoms with Crippen molar-refractivity contribution in [1.29, 1.82) is 0 Å². The van der Waals surface area contributed by atoms with Gasteiger partial charge in [-0.15, -0.1) is 0 Å². The second-order valence-electron chi connectivity index (χ2n) is 3.62. The van der Waals surface area contributed by atoms with Crippen LogP contribution in [-0.4, -0.2) is 44.2 Å². The summed E-state index contributed by atoms with van der Waals surface area (Å²) in [6.07, 6.45) is 0. The van der Waals surface area contributed by atoms with E-state index in [0.717, 1.165) is 5.33 Å². The fraction of sp³-hybridized carbons (Fsp3) is 0.900. The Kier molecular flexibility index (Phi) is 9.04. The molecule has 0 radical (unpaired) electrons. The van der Waals surface area contributed by atoms with Crippen LogP contribution >= 0.6 is 15.9 Å². The first-order valence-electron chi connectivity index (χ1n) is 5.03. The molecule has 5 heteroatoms. The number of carbonyl (C=O) groups excluding carboxylic acids is 1. The highest BCUT2D eigenvalue weighted by Gasteiger charge is 2.14. The van der Waals surface area contributed by atoms with E-state index in [9.17, 15) is 4.79 Å². The number of halogens is 1. The van der Waals surface area contributed by atoms with Crippen molar-refractivity contribution in [3.8, 4) is 0 Å². The fourth-order valence-corrected chi connectivity index (χ4v) is 1.85. The molecule has 1 atom stereocenters. The highest BCUT2D eigenvalue weighted by atomic mass is 79.9. The number of hydrogen-bond acceptors (Lipinski definition) is 3. The fourth-order valence-electron chi connectivity index (χ4n) is 0.939. The van der Waals surface area contributed by atoms with Gasteiger partial charge in [0.05, 0.1) is 13.2 Å². The van der Waals surface area contributed by atoms with Crippen molar-refractivity contribution in [2.24, 2.45) is 5.92 Å². The van der Waals surface area contributed by atoms with Crippen LogP contribution in [-0.2, 0) is 14.3 Å². The summed E-state index contributed by atoms with van der Waals surface area (Å²) in [6, 6.07) is 0.156. The Bertz CT molecular complexity index is 176. The average molecular weight is 282 g/mol. The molecule has 0 saturated carbocycles. The Hall–Kier alpha value is -0.130. The predicted octanol–water partition coefficient (Wildman–Crippen LogP) is 1.19. The van der Waals surface area contributed by atoms with E-state index in [4.69, 9.17) is 9.47 Å². The van der Waals surface area contributed by atoms with Crippen LogP contribution < -0.4 is 5.32 Å². The van der Waals surface area contributed by atoms with Crippen molar-refractivity contribution in [3.63, 3.8) is 0 Å². The van der Waals surface area contributed by atoms with Gasteiger partial charge in [-0.1, -0.05) is 29.8 Å². The first kappa shape index (κ1) is 14.9. The van der Waals surface area contributed by atoms with Gasteiger partial charge in [-0.05, 0) is 5.92 Å². The number of ether oxygens (including phenoxy) is 2. The Morgan fingerprint density at radius 2 is 2.07 bits per heavy atom. The molecule has 0 aliphatic carbocycles. The van der Waals surface area contributed by atoms with Crippen molar-refractivity contribution >= 4 is 21.8 Å². The van der Waals surface area contributed by atoms with E-state index in [1.54, 1.807) is 7.11 Å². The number of nitrogens with one attached hydrogen (secondary N) is 1. The minimum absolute atomic E-state index is 0.0794. The van der Waals surface area contributed by atoms with E-state index in [1.807, 2.05) is 0 Å². The van der Waals surface area contributed by atoms with E-state index in [1.165, 1.54) is 0 Å². The molecule has 0 spiro atoms. The molecule has 0 aliphatic heterocycles. The maximum atomic E-state index is 11.4. The summed E-state index contributed by atoms with van der Waals surface area (Å²) in [5.74, 6) is 0.330. The monoisotopic (exact) mass is 281 g/mol. The lowest BCUT2D eigenvalue weighted by Gasteiger charge is -2.19. The lowest BCUT2D eigenvalue weighted by atomic mass is 10.1. The molecule has 0 rings (SSSR count). The quantitative estimate of drug-likeness (QED) is 0.537. The number of carbonyl (C=O) groups is 1. The highest BCUT2D eigenvalue weighted by Crippen LogP contribution is 2.04. The summed E-state index contributed by atoms with van der Waals surface area (Å²) in [6.45, 7) is 5.19. The van der Waals surface area contributed by atoms with Gasteiger partial charge < -0.3 is 14.8 Å². The van der Waals surface area contributed by atoms with Crippen LogP contribution in [0.15, 0.2) is 0 Å². The zero-order valence-electron chi connectivity index (χ0n) is 9.59. The van der Waals surface area contributed by atoms with Gasteiger partial charge in [0.25, 0.3) is 0 Å². The zero-order chi connectivity index (χ0) is 11.7. The molecule has 0 fully saturated rings. The van der Waals surface area contributed by atoms with Crippen LogP contribution in [0.1, 0.15) is 13.8 Å². The summed E-state index contributed by atoms with van der Waals surface area (Å²) in [7, 11) is 1.60. The molecule has 90 valence electrons. The molecule has 0 bridgehead atoms. The number of hydrogen-bond donors (Lipinski definition) is 1. The highest BCUT2D eigenvalue weighted by molar-refractivity contribution is 9.09. The maximum Gasteiger partial charge on any atom is 0.246 e. The third-order valence-electron chi connectivity index (χ3n) is 1.98. The molecule has 0 aliphatic rings. The predicted molar refractivity (Wildman–Crippen MR) is 63.3 cm³/mol. The number of amides is 1. The van der Waals surface area contributed by atoms with Crippen molar-refractivity contribution in [2.75, 3.05) is 32.3 Å². The molecule has 0 aromatic heterocycles. The summed E-state index contributed by atoms with van der Waals surface area (Å²) < 4.78 is 9.91. The van der Waals surface area contributed by atoms with Gasteiger partial charge in [-0.3, -0.25) is 4.79 Å². The van der Waals surface area contributed by atoms with Gasteiger partial charge in [-0.25, -0.2) is 0 Å². The van der Waals surface area contributed by atoms with E-state index < -0.39 is 0 Å². The van der Waals surface area contributed by atoms with Crippen molar-refractivity contribution in [1.82, 2.24) is 5.32 Å². The van der Waals surface area contributed by atoms with E-state index in [0.29, 0.717) is 19.1 Å². The largest absolute Gasteiger partial charge is 0.382 e. The summed E-state index contributed by atoms with van der Waals surface area (Å²) in [5, 5.41) is 3.65. The molecule has 0 aromatic carbocycles. The molecular formula is C10H20BrNO3. The lowest BCUT2D eigenvalue weighted by Crippen LogP contribution is -2.41. The molecule has 1 N–H and O–H groups in total. The average Bonchev–Trinajstić information content (AvgIpc) is 2.20. The topological polar surface area (TPSA) is 47.6 Å². The van der Waals surface area contributed by atoms with Gasteiger partial charge in [0.2, 0.25) is 5.91 Å². The third-order valence-corrected chi connectivity index (χ3v) is 2.68. The van der Waals surface area contributed by atoms with Crippen LogP contribution in [0.4, 0.5) is 0 Å². The van der Waals surface area contributed by atoms with Crippen LogP contribution in [0.2, 0.25) is 0 Å². The van der Waals surface area contributed by atoms with Crippen molar-refractivity contribution in [3.05, 3.63) is 0 Å². The van der Waals surface area contributed by atoms with E-state index in [2.05, 4.69) is 35.1 Å². The first-order chi connectivity index (χ1) is 7.11. The number of rotatable bonds is 8. The Morgan fingerprint density at radius 3 is 2.53 bits per heavy atom.